The summed E-state index contributed by atoms with van der Waals surface area (Å²) >= 11 is 1.20. The van der Waals surface area contributed by atoms with E-state index < -0.39 is 0 Å². The number of carbonyl (C=O) groups excluding carboxylic acids is 2. The van der Waals surface area contributed by atoms with Crippen molar-refractivity contribution >= 4 is 23.6 Å². The van der Waals surface area contributed by atoms with Gasteiger partial charge in [0.2, 0.25) is 11.8 Å². The predicted molar refractivity (Wildman–Crippen MR) is 89.7 cm³/mol. The van der Waals surface area contributed by atoms with Crippen molar-refractivity contribution in [2.24, 2.45) is 0 Å². The topological polar surface area (TPSA) is 92.8 Å². The van der Waals surface area contributed by atoms with E-state index in [4.69, 9.17) is 4.42 Å². The Balaban J connectivity index is 1.78. The molecule has 1 aliphatic rings. The van der Waals surface area contributed by atoms with Gasteiger partial charge in [0.25, 0.3) is 11.1 Å². The number of thioether (sulfide) groups is 1. The minimum Gasteiger partial charge on any atom is -0.410 e. The van der Waals surface area contributed by atoms with Crippen LogP contribution in [-0.4, -0.2) is 66.4 Å². The van der Waals surface area contributed by atoms with Gasteiger partial charge in [-0.25, -0.2) is 0 Å². The molecule has 134 valence electrons. The van der Waals surface area contributed by atoms with Crippen LogP contribution >= 0.6 is 11.8 Å². The molecular weight excluding hydrogens is 330 g/mol. The van der Waals surface area contributed by atoms with Crippen molar-refractivity contribution in [3.05, 3.63) is 5.89 Å². The van der Waals surface area contributed by atoms with Crippen LogP contribution in [0.25, 0.3) is 0 Å². The van der Waals surface area contributed by atoms with Crippen LogP contribution in [0, 0.1) is 0 Å². The minimum atomic E-state index is -0.143. The highest BCUT2D eigenvalue weighted by Gasteiger charge is 2.25. The molecule has 0 saturated heterocycles. The van der Waals surface area contributed by atoms with E-state index in [1.54, 1.807) is 7.05 Å². The molecule has 1 saturated carbocycles. The normalized spacial score (nSPS) is 15.4. The Morgan fingerprint density at radius 2 is 2.12 bits per heavy atom. The number of amides is 2. The van der Waals surface area contributed by atoms with E-state index >= 15 is 0 Å². The summed E-state index contributed by atoms with van der Waals surface area (Å²) in [7, 11) is 5.70. The largest absolute Gasteiger partial charge is 0.410 e. The van der Waals surface area contributed by atoms with Gasteiger partial charge < -0.3 is 19.5 Å². The third-order valence-electron chi connectivity index (χ3n) is 3.89. The van der Waals surface area contributed by atoms with Crippen molar-refractivity contribution in [2.75, 3.05) is 33.4 Å². The highest BCUT2D eigenvalue weighted by atomic mass is 32.2. The van der Waals surface area contributed by atoms with Crippen molar-refractivity contribution in [1.29, 1.82) is 0 Å². The maximum absolute atomic E-state index is 12.1. The summed E-state index contributed by atoms with van der Waals surface area (Å²) in [6.45, 7) is 2.15. The summed E-state index contributed by atoms with van der Waals surface area (Å²) in [6.07, 6.45) is 2.96. The van der Waals surface area contributed by atoms with Crippen LogP contribution in [0.5, 0.6) is 0 Å². The number of nitrogens with zero attached hydrogens (tertiary/aromatic N) is 3. The standard InChI is InChI=1S/C15H25N5O3S/c1-5-11(19(2)3)14-17-18-15(23-14)24-9-13(22)20(4)8-12(21)16-10-6-7-10/h10-11H,5-9H2,1-4H3,(H,16,21)/p+1/t11-/m1/s1. The second-order valence-electron chi connectivity index (χ2n) is 6.32. The van der Waals surface area contributed by atoms with Crippen LogP contribution in [0.15, 0.2) is 9.64 Å². The zero-order valence-electron chi connectivity index (χ0n) is 14.7. The van der Waals surface area contributed by atoms with Gasteiger partial charge in [0.05, 0.1) is 26.4 Å². The molecule has 9 heteroatoms. The molecule has 1 atom stereocenters. The van der Waals surface area contributed by atoms with E-state index in [2.05, 4.69) is 22.4 Å². The molecule has 0 bridgehead atoms. The number of carbonyl (C=O) groups is 2. The molecule has 24 heavy (non-hydrogen) atoms. The summed E-state index contributed by atoms with van der Waals surface area (Å²) < 4.78 is 5.64. The number of rotatable bonds is 9. The zero-order valence-corrected chi connectivity index (χ0v) is 15.5. The van der Waals surface area contributed by atoms with E-state index in [9.17, 15) is 9.59 Å². The number of nitrogens with one attached hydrogen (secondary N) is 2. The van der Waals surface area contributed by atoms with E-state index in [1.165, 1.54) is 21.6 Å². The number of quaternary nitrogens is 1. The monoisotopic (exact) mass is 356 g/mol. The van der Waals surface area contributed by atoms with Crippen LogP contribution in [0.1, 0.15) is 38.1 Å². The Bertz CT molecular complexity index is 573. The van der Waals surface area contributed by atoms with Crippen LogP contribution in [0.4, 0.5) is 0 Å². The lowest BCUT2D eigenvalue weighted by Crippen LogP contribution is -3.06. The van der Waals surface area contributed by atoms with Crippen molar-refractivity contribution < 1.29 is 18.9 Å². The third-order valence-corrected chi connectivity index (χ3v) is 4.70. The molecule has 1 aromatic rings. The Morgan fingerprint density at radius 1 is 1.42 bits per heavy atom. The number of hydrogen-bond acceptors (Lipinski definition) is 6. The lowest BCUT2D eigenvalue weighted by Gasteiger charge is -2.16. The fourth-order valence-corrected chi connectivity index (χ4v) is 3.00. The average molecular weight is 356 g/mol. The smallest absolute Gasteiger partial charge is 0.277 e. The fraction of sp³-hybridized carbons (Fsp3) is 0.733. The van der Waals surface area contributed by atoms with Gasteiger partial charge in [-0.2, -0.15) is 0 Å². The molecule has 1 heterocycles. The zero-order chi connectivity index (χ0) is 17.7. The second-order valence-corrected chi connectivity index (χ2v) is 7.25. The van der Waals surface area contributed by atoms with Crippen LogP contribution in [0.3, 0.4) is 0 Å². The van der Waals surface area contributed by atoms with Gasteiger partial charge in [-0.1, -0.05) is 18.7 Å². The molecule has 1 aliphatic carbocycles. The van der Waals surface area contributed by atoms with Gasteiger partial charge in [-0.3, -0.25) is 9.59 Å². The average Bonchev–Trinajstić information content (AvgIpc) is 3.21. The molecule has 0 unspecified atom stereocenters. The van der Waals surface area contributed by atoms with Crippen molar-refractivity contribution in [2.45, 2.75) is 43.5 Å². The van der Waals surface area contributed by atoms with E-state index in [1.807, 2.05) is 14.1 Å². The molecule has 0 radical (unpaired) electrons. The number of aromatic nitrogens is 2. The van der Waals surface area contributed by atoms with Crippen molar-refractivity contribution in [3.63, 3.8) is 0 Å². The second kappa shape index (κ2) is 8.48. The van der Waals surface area contributed by atoms with Gasteiger partial charge in [0.1, 0.15) is 0 Å². The van der Waals surface area contributed by atoms with E-state index in [0.29, 0.717) is 17.2 Å². The molecule has 0 spiro atoms. The molecule has 2 rings (SSSR count). The Hall–Kier alpha value is -1.61. The maximum atomic E-state index is 12.1. The van der Waals surface area contributed by atoms with Crippen molar-refractivity contribution in [3.8, 4) is 0 Å². The predicted octanol–water partition coefficient (Wildman–Crippen LogP) is -0.506. The summed E-state index contributed by atoms with van der Waals surface area (Å²) in [5.41, 5.74) is 0. The number of hydrogen-bond donors (Lipinski definition) is 2. The van der Waals surface area contributed by atoms with Crippen LogP contribution in [0.2, 0.25) is 0 Å². The fourth-order valence-electron chi connectivity index (χ4n) is 2.29. The molecule has 2 N–H and O–H groups in total. The maximum Gasteiger partial charge on any atom is 0.277 e. The molecule has 2 amide bonds. The molecule has 0 aromatic carbocycles. The highest BCUT2D eigenvalue weighted by Crippen LogP contribution is 2.20. The third kappa shape index (κ3) is 5.48. The summed E-state index contributed by atoms with van der Waals surface area (Å²) in [5.74, 6) is 0.499. The molecule has 1 fully saturated rings. The first-order chi connectivity index (χ1) is 11.4. The summed E-state index contributed by atoms with van der Waals surface area (Å²) in [6, 6.07) is 0.453. The summed E-state index contributed by atoms with van der Waals surface area (Å²) in [4.78, 5) is 26.4. The SMILES string of the molecule is CC[C@H](c1nnc(SCC(=O)N(C)CC(=O)NC2CC2)o1)[NH+](C)C. The first-order valence-electron chi connectivity index (χ1n) is 8.20. The van der Waals surface area contributed by atoms with Gasteiger partial charge in [-0.05, 0) is 12.8 Å². The van der Waals surface area contributed by atoms with Gasteiger partial charge in [-0.15, -0.1) is 10.2 Å². The summed E-state index contributed by atoms with van der Waals surface area (Å²) in [5, 5.41) is 11.3. The van der Waals surface area contributed by atoms with Crippen LogP contribution in [-0.2, 0) is 9.59 Å². The van der Waals surface area contributed by atoms with Gasteiger partial charge in [0.15, 0.2) is 6.04 Å². The van der Waals surface area contributed by atoms with Gasteiger partial charge in [0, 0.05) is 19.5 Å². The lowest BCUT2D eigenvalue weighted by atomic mass is 10.2. The van der Waals surface area contributed by atoms with E-state index in [0.717, 1.165) is 19.3 Å². The first kappa shape index (κ1) is 18.7. The Labute approximate surface area is 146 Å². The molecule has 1 aromatic heterocycles. The van der Waals surface area contributed by atoms with Gasteiger partial charge >= 0.3 is 0 Å². The molecule has 8 nitrogen and oxygen atoms in total. The van der Waals surface area contributed by atoms with Crippen LogP contribution < -0.4 is 10.2 Å². The van der Waals surface area contributed by atoms with Crippen molar-refractivity contribution in [1.82, 2.24) is 20.4 Å². The first-order valence-corrected chi connectivity index (χ1v) is 9.18. The minimum absolute atomic E-state index is 0.0763. The molecule has 0 aliphatic heterocycles. The number of likely N-dealkylation sites (N-methyl/N-ethyl adjacent to an activating group) is 1. The Morgan fingerprint density at radius 3 is 2.71 bits per heavy atom. The Kier molecular flexibility index (Phi) is 6.61. The highest BCUT2D eigenvalue weighted by molar-refractivity contribution is 7.99. The lowest BCUT2D eigenvalue weighted by molar-refractivity contribution is -0.894. The van der Waals surface area contributed by atoms with E-state index in [-0.39, 0.29) is 30.2 Å². The molecular formula is C15H26N5O3S+. The quantitative estimate of drug-likeness (QED) is 0.579.